The molecule has 0 saturated carbocycles. The fourth-order valence-electron chi connectivity index (χ4n) is 3.21. The van der Waals surface area contributed by atoms with Gasteiger partial charge in [0, 0.05) is 11.4 Å². The first-order valence-corrected chi connectivity index (χ1v) is 10.1. The molecule has 1 aromatic heterocycles. The Morgan fingerprint density at radius 3 is 2.61 bits per heavy atom. The van der Waals surface area contributed by atoms with Gasteiger partial charge in [0.2, 0.25) is 0 Å². The summed E-state index contributed by atoms with van der Waals surface area (Å²) in [6.07, 6.45) is 1.98. The standard InChI is InChI=1S/C22H17Cl2N3O4/c23-15-6-3-13(4-7-15)18-11-19(20-2-1-9-30-20)27(26-18)21(28)12-31-22(29)14-5-8-16(24)17(25)10-14/h1-10,19H,11-12,25H2. The Labute approximate surface area is 188 Å². The number of hydrogen-bond acceptors (Lipinski definition) is 6. The monoisotopic (exact) mass is 457 g/mol. The van der Waals surface area contributed by atoms with Crippen molar-refractivity contribution < 1.29 is 18.7 Å². The van der Waals surface area contributed by atoms with E-state index in [9.17, 15) is 9.59 Å². The lowest BCUT2D eigenvalue weighted by molar-refractivity contribution is -0.136. The number of carbonyl (C=O) groups excluding carboxylic acids is 2. The van der Waals surface area contributed by atoms with Gasteiger partial charge in [0.05, 0.1) is 28.2 Å². The van der Waals surface area contributed by atoms with Crippen LogP contribution in [0.4, 0.5) is 5.69 Å². The number of rotatable bonds is 5. The fourth-order valence-corrected chi connectivity index (χ4v) is 3.45. The van der Waals surface area contributed by atoms with Crippen molar-refractivity contribution in [3.63, 3.8) is 0 Å². The van der Waals surface area contributed by atoms with Crippen molar-refractivity contribution in [1.29, 1.82) is 0 Å². The van der Waals surface area contributed by atoms with Crippen molar-refractivity contribution in [1.82, 2.24) is 5.01 Å². The smallest absolute Gasteiger partial charge is 0.338 e. The molecule has 1 unspecified atom stereocenters. The number of benzene rings is 2. The molecule has 7 nitrogen and oxygen atoms in total. The lowest BCUT2D eigenvalue weighted by Crippen LogP contribution is -2.31. The Morgan fingerprint density at radius 1 is 1.16 bits per heavy atom. The summed E-state index contributed by atoms with van der Waals surface area (Å²) in [7, 11) is 0. The van der Waals surface area contributed by atoms with E-state index in [4.69, 9.17) is 38.1 Å². The molecule has 2 aromatic carbocycles. The lowest BCUT2D eigenvalue weighted by atomic mass is 10.0. The SMILES string of the molecule is Nc1cc(C(=O)OCC(=O)N2N=C(c3ccc(Cl)cc3)CC2c2ccco2)ccc1Cl. The molecule has 0 bridgehead atoms. The third-order valence-electron chi connectivity index (χ3n) is 4.77. The molecule has 31 heavy (non-hydrogen) atoms. The van der Waals surface area contributed by atoms with Crippen molar-refractivity contribution >= 4 is 46.5 Å². The maximum absolute atomic E-state index is 12.9. The van der Waals surface area contributed by atoms with E-state index in [0.717, 1.165) is 5.56 Å². The van der Waals surface area contributed by atoms with Gasteiger partial charge in [-0.05, 0) is 48.0 Å². The number of nitrogen functional groups attached to an aromatic ring is 1. The van der Waals surface area contributed by atoms with Crippen LogP contribution in [-0.2, 0) is 9.53 Å². The Kier molecular flexibility index (Phi) is 5.97. The van der Waals surface area contributed by atoms with E-state index < -0.39 is 24.5 Å². The summed E-state index contributed by atoms with van der Waals surface area (Å²) in [4.78, 5) is 25.2. The van der Waals surface area contributed by atoms with Crippen LogP contribution in [-0.4, -0.2) is 29.2 Å². The number of esters is 1. The van der Waals surface area contributed by atoms with Crippen LogP contribution in [0.15, 0.2) is 70.4 Å². The molecule has 9 heteroatoms. The van der Waals surface area contributed by atoms with E-state index in [2.05, 4.69) is 5.10 Å². The molecule has 4 rings (SSSR count). The third kappa shape index (κ3) is 4.57. The normalized spacial score (nSPS) is 15.6. The number of amides is 1. The molecular weight excluding hydrogens is 441 g/mol. The van der Waals surface area contributed by atoms with E-state index in [1.165, 1.54) is 29.5 Å². The number of carbonyl (C=O) groups is 2. The average Bonchev–Trinajstić information content (AvgIpc) is 3.44. The highest BCUT2D eigenvalue weighted by atomic mass is 35.5. The zero-order valence-corrected chi connectivity index (χ0v) is 17.6. The Hall–Kier alpha value is -3.29. The molecule has 2 N–H and O–H groups in total. The minimum absolute atomic E-state index is 0.198. The highest BCUT2D eigenvalue weighted by Gasteiger charge is 2.35. The van der Waals surface area contributed by atoms with Gasteiger partial charge in [-0.15, -0.1) is 0 Å². The molecule has 0 aliphatic carbocycles. The number of halogens is 2. The van der Waals surface area contributed by atoms with Crippen LogP contribution in [0, 0.1) is 0 Å². The van der Waals surface area contributed by atoms with Gasteiger partial charge in [0.1, 0.15) is 11.8 Å². The molecule has 0 spiro atoms. The van der Waals surface area contributed by atoms with Gasteiger partial charge in [0.25, 0.3) is 5.91 Å². The summed E-state index contributed by atoms with van der Waals surface area (Å²) in [5, 5.41) is 6.69. The second-order valence-electron chi connectivity index (χ2n) is 6.84. The zero-order valence-electron chi connectivity index (χ0n) is 16.1. The number of hydrazone groups is 1. The van der Waals surface area contributed by atoms with Crippen molar-refractivity contribution in [3.8, 4) is 0 Å². The molecule has 1 aliphatic heterocycles. The van der Waals surface area contributed by atoms with E-state index >= 15 is 0 Å². The first-order valence-electron chi connectivity index (χ1n) is 9.33. The lowest BCUT2D eigenvalue weighted by Gasteiger charge is -2.19. The van der Waals surface area contributed by atoms with Crippen molar-refractivity contribution in [2.75, 3.05) is 12.3 Å². The predicted octanol–water partition coefficient (Wildman–Crippen LogP) is 4.70. The highest BCUT2D eigenvalue weighted by molar-refractivity contribution is 6.33. The molecule has 2 heterocycles. The summed E-state index contributed by atoms with van der Waals surface area (Å²) >= 11 is 11.8. The third-order valence-corrected chi connectivity index (χ3v) is 5.37. The second-order valence-corrected chi connectivity index (χ2v) is 7.68. The Morgan fingerprint density at radius 2 is 1.94 bits per heavy atom. The first-order chi connectivity index (χ1) is 14.9. The molecular formula is C22H17Cl2N3O4. The van der Waals surface area contributed by atoms with Gasteiger partial charge in [-0.2, -0.15) is 5.10 Å². The molecule has 1 aliphatic rings. The van der Waals surface area contributed by atoms with E-state index in [0.29, 0.717) is 27.9 Å². The molecule has 0 saturated heterocycles. The minimum atomic E-state index is -0.688. The summed E-state index contributed by atoms with van der Waals surface area (Å²) in [5.41, 5.74) is 7.70. The van der Waals surface area contributed by atoms with E-state index in [1.807, 2.05) is 12.1 Å². The Bertz CT molecular complexity index is 1140. The van der Waals surface area contributed by atoms with Crippen LogP contribution >= 0.6 is 23.2 Å². The summed E-state index contributed by atoms with van der Waals surface area (Å²) in [6, 6.07) is 14.6. The number of anilines is 1. The fraction of sp³-hybridized carbons (Fsp3) is 0.136. The van der Waals surface area contributed by atoms with Crippen molar-refractivity contribution in [2.24, 2.45) is 5.10 Å². The largest absolute Gasteiger partial charge is 0.467 e. The van der Waals surface area contributed by atoms with Crippen LogP contribution in [0.25, 0.3) is 0 Å². The molecule has 1 amide bonds. The van der Waals surface area contributed by atoms with Gasteiger partial charge in [-0.25, -0.2) is 9.80 Å². The zero-order chi connectivity index (χ0) is 22.0. The second kappa shape index (κ2) is 8.83. The predicted molar refractivity (Wildman–Crippen MR) is 117 cm³/mol. The minimum Gasteiger partial charge on any atom is -0.467 e. The van der Waals surface area contributed by atoms with Gasteiger partial charge < -0.3 is 14.9 Å². The van der Waals surface area contributed by atoms with Crippen LogP contribution < -0.4 is 5.73 Å². The van der Waals surface area contributed by atoms with Gasteiger partial charge in [0.15, 0.2) is 6.61 Å². The van der Waals surface area contributed by atoms with Crippen LogP contribution in [0.1, 0.15) is 34.1 Å². The number of hydrogen-bond donors (Lipinski definition) is 1. The number of ether oxygens (including phenoxy) is 1. The van der Waals surface area contributed by atoms with Crippen LogP contribution in [0.3, 0.4) is 0 Å². The molecule has 1 atom stereocenters. The van der Waals surface area contributed by atoms with E-state index in [1.54, 1.807) is 24.3 Å². The van der Waals surface area contributed by atoms with Gasteiger partial charge in [-0.3, -0.25) is 4.79 Å². The quantitative estimate of drug-likeness (QED) is 0.442. The summed E-state index contributed by atoms with van der Waals surface area (Å²) in [5.74, 6) is -0.592. The summed E-state index contributed by atoms with van der Waals surface area (Å²) < 4.78 is 10.7. The average molecular weight is 458 g/mol. The number of nitrogens with two attached hydrogens (primary N) is 1. The molecule has 158 valence electrons. The number of nitrogens with zero attached hydrogens (tertiary/aromatic N) is 2. The Balaban J connectivity index is 1.51. The molecule has 3 aromatic rings. The highest BCUT2D eigenvalue weighted by Crippen LogP contribution is 2.33. The van der Waals surface area contributed by atoms with Gasteiger partial charge >= 0.3 is 5.97 Å². The first kappa shape index (κ1) is 21.0. The van der Waals surface area contributed by atoms with E-state index in [-0.39, 0.29) is 11.3 Å². The van der Waals surface area contributed by atoms with Crippen LogP contribution in [0.2, 0.25) is 10.0 Å². The van der Waals surface area contributed by atoms with Crippen molar-refractivity contribution in [3.05, 3.63) is 87.8 Å². The summed E-state index contributed by atoms with van der Waals surface area (Å²) in [6.45, 7) is -0.490. The van der Waals surface area contributed by atoms with Crippen molar-refractivity contribution in [2.45, 2.75) is 12.5 Å². The topological polar surface area (TPSA) is 98.1 Å². The molecule has 0 radical (unpaired) electrons. The molecule has 0 fully saturated rings. The van der Waals surface area contributed by atoms with Crippen LogP contribution in [0.5, 0.6) is 0 Å². The maximum Gasteiger partial charge on any atom is 0.338 e. The maximum atomic E-state index is 12.9. The van der Waals surface area contributed by atoms with Gasteiger partial charge in [-0.1, -0.05) is 35.3 Å². The number of furan rings is 1.